The molecule has 0 saturated heterocycles. The van der Waals surface area contributed by atoms with Crippen LogP contribution in [-0.4, -0.2) is 33.7 Å². The number of rotatable bonds is 11. The fraction of sp³-hybridized carbons (Fsp3) is 0.875. The minimum absolute atomic E-state index is 0.887. The standard InChI is InChI=1S/C15H31GeO.CH4O/c1-5-8-12-16(13-9-6-2)15(10-7-3)11-14-17-4;1-2/h11,14-15H,5-10,12-13H2,1-4H3;2H,1H3/b14-11-;. The summed E-state index contributed by atoms with van der Waals surface area (Å²) in [6, 6.07) is 0. The molecule has 115 valence electrons. The van der Waals surface area contributed by atoms with Gasteiger partial charge in [0.2, 0.25) is 0 Å². The topological polar surface area (TPSA) is 29.5 Å². The van der Waals surface area contributed by atoms with Crippen molar-refractivity contribution in [2.24, 2.45) is 0 Å². The Hall–Kier alpha value is 0.0429. The molecule has 0 rings (SSSR count). The Labute approximate surface area is 125 Å². The van der Waals surface area contributed by atoms with E-state index in [0.29, 0.717) is 0 Å². The first kappa shape index (κ1) is 21.3. The summed E-state index contributed by atoms with van der Waals surface area (Å²) in [5, 5.41) is 10.1. The molecule has 0 heterocycles. The van der Waals surface area contributed by atoms with Gasteiger partial charge in [0, 0.05) is 7.11 Å². The van der Waals surface area contributed by atoms with E-state index in [1.54, 1.807) is 17.6 Å². The molecule has 0 aliphatic rings. The third-order valence-corrected chi connectivity index (χ3v) is 10.7. The van der Waals surface area contributed by atoms with Crippen molar-refractivity contribution in [2.45, 2.75) is 74.6 Å². The molecule has 0 saturated carbocycles. The van der Waals surface area contributed by atoms with Crippen molar-refractivity contribution in [1.82, 2.24) is 0 Å². The second-order valence-electron chi connectivity index (χ2n) is 4.82. The predicted molar refractivity (Wildman–Crippen MR) is 88.1 cm³/mol. The van der Waals surface area contributed by atoms with Gasteiger partial charge in [0.05, 0.1) is 0 Å². The predicted octanol–water partition coefficient (Wildman–Crippen LogP) is 5.02. The molecule has 0 fully saturated rings. The second kappa shape index (κ2) is 18.0. The van der Waals surface area contributed by atoms with Crippen LogP contribution in [0.5, 0.6) is 0 Å². The van der Waals surface area contributed by atoms with Gasteiger partial charge < -0.3 is 5.11 Å². The monoisotopic (exact) mass is 333 g/mol. The zero-order chi connectivity index (χ0) is 14.9. The summed E-state index contributed by atoms with van der Waals surface area (Å²) in [7, 11) is 2.76. The average Bonchev–Trinajstić information content (AvgIpc) is 2.46. The van der Waals surface area contributed by atoms with Crippen LogP contribution in [0.3, 0.4) is 0 Å². The van der Waals surface area contributed by atoms with Gasteiger partial charge in [0.15, 0.2) is 0 Å². The molecular formula is C16H35GeO2. The third kappa shape index (κ3) is 12.8. The van der Waals surface area contributed by atoms with Crippen molar-refractivity contribution >= 4 is 14.3 Å². The molecule has 1 unspecified atom stereocenters. The van der Waals surface area contributed by atoms with Crippen LogP contribution in [0.1, 0.15) is 59.3 Å². The van der Waals surface area contributed by atoms with E-state index in [0.717, 1.165) is 11.9 Å². The summed E-state index contributed by atoms with van der Waals surface area (Å²) in [6.07, 6.45) is 12.6. The molecule has 1 radical (unpaired) electrons. The maximum atomic E-state index is 7.00. The molecule has 19 heavy (non-hydrogen) atoms. The Morgan fingerprint density at radius 3 is 1.89 bits per heavy atom. The van der Waals surface area contributed by atoms with Crippen LogP contribution in [0.15, 0.2) is 12.3 Å². The van der Waals surface area contributed by atoms with E-state index in [-0.39, 0.29) is 0 Å². The van der Waals surface area contributed by atoms with Crippen molar-refractivity contribution in [1.29, 1.82) is 0 Å². The fourth-order valence-corrected chi connectivity index (χ4v) is 9.89. The van der Waals surface area contributed by atoms with E-state index in [1.165, 1.54) is 38.5 Å². The molecule has 1 atom stereocenters. The van der Waals surface area contributed by atoms with Gasteiger partial charge >= 0.3 is 113 Å². The quantitative estimate of drug-likeness (QED) is 0.425. The summed E-state index contributed by atoms with van der Waals surface area (Å²) in [6.45, 7) is 6.94. The van der Waals surface area contributed by atoms with Crippen LogP contribution in [-0.2, 0) is 4.74 Å². The molecule has 2 nitrogen and oxygen atoms in total. The third-order valence-electron chi connectivity index (χ3n) is 3.27. The van der Waals surface area contributed by atoms with E-state index in [4.69, 9.17) is 9.84 Å². The Balaban J connectivity index is 0. The molecule has 0 amide bonds. The summed E-state index contributed by atoms with van der Waals surface area (Å²) in [4.78, 5) is 0. The van der Waals surface area contributed by atoms with Crippen molar-refractivity contribution in [2.75, 3.05) is 14.2 Å². The first-order chi connectivity index (χ1) is 9.29. The van der Waals surface area contributed by atoms with Crippen LogP contribution < -0.4 is 0 Å². The number of hydrogen-bond donors (Lipinski definition) is 1. The zero-order valence-corrected chi connectivity index (χ0v) is 15.8. The molecule has 0 aromatic rings. The molecular weight excluding hydrogens is 297 g/mol. The Morgan fingerprint density at radius 1 is 1.00 bits per heavy atom. The molecule has 1 N–H and O–H groups in total. The van der Waals surface area contributed by atoms with E-state index in [1.807, 2.05) is 6.26 Å². The van der Waals surface area contributed by atoms with Gasteiger partial charge in [-0.05, 0) is 0 Å². The Kier molecular flexibility index (Phi) is 20.3. The summed E-state index contributed by atoms with van der Waals surface area (Å²) in [5.74, 6) is 0. The number of aliphatic hydroxyl groups is 1. The molecule has 0 aliphatic heterocycles. The first-order valence-corrected chi connectivity index (χ1v) is 12.0. The second-order valence-corrected chi connectivity index (χ2v) is 11.2. The maximum Gasteiger partial charge on any atom is 0.0319 e. The SMILES string of the molecule is CCC[CH2][Ge]([CH2]CCC)[CH](/C=C\OC)CCC.CO. The van der Waals surface area contributed by atoms with Crippen LogP contribution in [0, 0.1) is 0 Å². The van der Waals surface area contributed by atoms with Crippen LogP contribution in [0.25, 0.3) is 0 Å². The van der Waals surface area contributed by atoms with E-state index >= 15 is 0 Å². The number of unbranched alkanes of at least 4 members (excludes halogenated alkanes) is 2. The average molecular weight is 332 g/mol. The number of methoxy groups -OCH3 is 1. The van der Waals surface area contributed by atoms with E-state index < -0.39 is 14.3 Å². The number of hydrogen-bond acceptors (Lipinski definition) is 2. The summed E-state index contributed by atoms with van der Waals surface area (Å²) < 4.78 is 6.01. The van der Waals surface area contributed by atoms with Gasteiger partial charge in [-0.25, -0.2) is 0 Å². The number of aliphatic hydroxyl groups excluding tert-OH is 1. The molecule has 0 aromatic carbocycles. The first-order valence-electron chi connectivity index (χ1n) is 7.78. The van der Waals surface area contributed by atoms with Gasteiger partial charge in [-0.1, -0.05) is 0 Å². The smallest absolute Gasteiger partial charge is 0.0319 e. The number of allylic oxidation sites excluding steroid dienone is 1. The molecule has 0 aliphatic carbocycles. The summed E-state index contributed by atoms with van der Waals surface area (Å²) >= 11 is -0.893. The molecule has 0 spiro atoms. The minimum Gasteiger partial charge on any atom is -0.400 e. The Morgan fingerprint density at radius 2 is 1.53 bits per heavy atom. The van der Waals surface area contributed by atoms with Crippen molar-refractivity contribution in [3.63, 3.8) is 0 Å². The van der Waals surface area contributed by atoms with Gasteiger partial charge in [0.25, 0.3) is 0 Å². The normalized spacial score (nSPS) is 12.4. The van der Waals surface area contributed by atoms with Gasteiger partial charge in [-0.2, -0.15) is 0 Å². The van der Waals surface area contributed by atoms with E-state index in [9.17, 15) is 0 Å². The van der Waals surface area contributed by atoms with Gasteiger partial charge in [-0.15, -0.1) is 0 Å². The van der Waals surface area contributed by atoms with Crippen LogP contribution in [0.4, 0.5) is 0 Å². The molecule has 3 heteroatoms. The fourth-order valence-electron chi connectivity index (χ4n) is 2.22. The van der Waals surface area contributed by atoms with Crippen molar-refractivity contribution in [3.8, 4) is 0 Å². The van der Waals surface area contributed by atoms with Crippen molar-refractivity contribution < 1.29 is 9.84 Å². The largest absolute Gasteiger partial charge is 0.400 e. The van der Waals surface area contributed by atoms with Gasteiger partial charge in [-0.3, -0.25) is 0 Å². The minimum atomic E-state index is -0.893. The summed E-state index contributed by atoms with van der Waals surface area (Å²) in [5.41, 5.74) is 0. The van der Waals surface area contributed by atoms with Crippen LogP contribution >= 0.6 is 0 Å². The van der Waals surface area contributed by atoms with Gasteiger partial charge in [0.1, 0.15) is 0 Å². The number of ether oxygens (including phenoxy) is 1. The van der Waals surface area contributed by atoms with Crippen molar-refractivity contribution in [3.05, 3.63) is 12.3 Å². The molecule has 0 bridgehead atoms. The maximum absolute atomic E-state index is 7.00. The van der Waals surface area contributed by atoms with E-state index in [2.05, 4.69) is 26.8 Å². The molecule has 0 aromatic heterocycles. The Bertz CT molecular complexity index is 176. The zero-order valence-electron chi connectivity index (χ0n) is 13.7. The van der Waals surface area contributed by atoms with Crippen LogP contribution in [0.2, 0.25) is 15.3 Å².